The van der Waals surface area contributed by atoms with Crippen LogP contribution in [0, 0.1) is 6.92 Å². The number of nitrogens with one attached hydrogen (secondary N) is 1. The average Bonchev–Trinajstić information content (AvgIpc) is 2.22. The Bertz CT molecular complexity index is 274. The van der Waals surface area contributed by atoms with Crippen LogP contribution in [0.3, 0.4) is 0 Å². The third-order valence-corrected chi connectivity index (χ3v) is 2.99. The Morgan fingerprint density at radius 3 is 2.67 bits per heavy atom. The van der Waals surface area contributed by atoms with Gasteiger partial charge in [0.05, 0.1) is 0 Å². The first-order valence-corrected chi connectivity index (χ1v) is 6.50. The van der Waals surface area contributed by atoms with E-state index >= 15 is 0 Å². The van der Waals surface area contributed by atoms with E-state index in [-0.39, 0.29) is 0 Å². The summed E-state index contributed by atoms with van der Waals surface area (Å²) in [5, 5.41) is 3.29. The molecule has 0 fully saturated rings. The van der Waals surface area contributed by atoms with Crippen LogP contribution in [0.25, 0.3) is 0 Å². The van der Waals surface area contributed by atoms with E-state index in [9.17, 15) is 0 Å². The average molecular weight is 225 g/mol. The Labute approximate surface area is 96.1 Å². The standard InChI is InChI=1S/C11H19N3S/c1-4-15-6-5-10(3)14-11-12-7-9(2)8-13-11/h7-8,10H,4-6H2,1-3H3,(H,12,13,14). The molecule has 0 saturated heterocycles. The second-order valence-corrected chi connectivity index (χ2v) is 5.01. The summed E-state index contributed by atoms with van der Waals surface area (Å²) in [6.45, 7) is 6.34. The Balaban J connectivity index is 2.31. The van der Waals surface area contributed by atoms with Gasteiger partial charge in [-0.3, -0.25) is 0 Å². The zero-order valence-corrected chi connectivity index (χ0v) is 10.5. The summed E-state index contributed by atoms with van der Waals surface area (Å²) < 4.78 is 0. The lowest BCUT2D eigenvalue weighted by Gasteiger charge is -2.12. The predicted octanol–water partition coefficient (Wildman–Crippen LogP) is 2.73. The van der Waals surface area contributed by atoms with E-state index in [1.165, 1.54) is 11.5 Å². The molecule has 0 spiro atoms. The van der Waals surface area contributed by atoms with Crippen LogP contribution in [-0.2, 0) is 0 Å². The number of nitrogens with zero attached hydrogens (tertiary/aromatic N) is 2. The molecule has 0 aliphatic heterocycles. The van der Waals surface area contributed by atoms with E-state index in [1.807, 2.05) is 31.1 Å². The van der Waals surface area contributed by atoms with Gasteiger partial charge in [-0.1, -0.05) is 6.92 Å². The topological polar surface area (TPSA) is 37.8 Å². The number of thioether (sulfide) groups is 1. The molecule has 1 N–H and O–H groups in total. The van der Waals surface area contributed by atoms with Gasteiger partial charge in [-0.05, 0) is 37.3 Å². The second-order valence-electron chi connectivity index (χ2n) is 3.62. The van der Waals surface area contributed by atoms with Crippen LogP contribution in [0.4, 0.5) is 5.95 Å². The van der Waals surface area contributed by atoms with Crippen LogP contribution in [0.15, 0.2) is 12.4 Å². The summed E-state index contributed by atoms with van der Waals surface area (Å²) in [4.78, 5) is 8.43. The second kappa shape index (κ2) is 6.67. The lowest BCUT2D eigenvalue weighted by Crippen LogP contribution is -2.17. The number of aromatic nitrogens is 2. The van der Waals surface area contributed by atoms with E-state index in [1.54, 1.807) is 0 Å². The van der Waals surface area contributed by atoms with Crippen molar-refractivity contribution < 1.29 is 0 Å². The predicted molar refractivity (Wildman–Crippen MR) is 67.5 cm³/mol. The SMILES string of the molecule is CCSCCC(C)Nc1ncc(C)cn1. The van der Waals surface area contributed by atoms with Crippen LogP contribution in [0.1, 0.15) is 25.8 Å². The van der Waals surface area contributed by atoms with Gasteiger partial charge in [0.15, 0.2) is 0 Å². The number of hydrogen-bond acceptors (Lipinski definition) is 4. The fourth-order valence-electron chi connectivity index (χ4n) is 1.16. The number of aryl methyl sites for hydroxylation is 1. The highest BCUT2D eigenvalue weighted by molar-refractivity contribution is 7.99. The summed E-state index contributed by atoms with van der Waals surface area (Å²) in [6, 6.07) is 0.437. The molecule has 1 rings (SSSR count). The van der Waals surface area contributed by atoms with Crippen molar-refractivity contribution in [1.82, 2.24) is 9.97 Å². The van der Waals surface area contributed by atoms with Crippen molar-refractivity contribution in [2.75, 3.05) is 16.8 Å². The summed E-state index contributed by atoms with van der Waals surface area (Å²) in [5.74, 6) is 3.11. The van der Waals surface area contributed by atoms with Gasteiger partial charge in [0.2, 0.25) is 5.95 Å². The van der Waals surface area contributed by atoms with E-state index in [2.05, 4.69) is 29.1 Å². The van der Waals surface area contributed by atoms with E-state index in [0.29, 0.717) is 6.04 Å². The third-order valence-electron chi connectivity index (χ3n) is 2.06. The Morgan fingerprint density at radius 2 is 2.07 bits per heavy atom. The molecule has 1 aromatic rings. The van der Waals surface area contributed by atoms with Crippen LogP contribution in [0.2, 0.25) is 0 Å². The van der Waals surface area contributed by atoms with Gasteiger partial charge in [-0.2, -0.15) is 11.8 Å². The highest BCUT2D eigenvalue weighted by Crippen LogP contribution is 2.07. The number of hydrogen-bond donors (Lipinski definition) is 1. The molecule has 1 aromatic heterocycles. The molecule has 84 valence electrons. The molecular weight excluding hydrogens is 206 g/mol. The Hall–Kier alpha value is -0.770. The van der Waals surface area contributed by atoms with Gasteiger partial charge in [-0.25, -0.2) is 9.97 Å². The maximum atomic E-state index is 4.22. The molecule has 0 aliphatic rings. The Morgan fingerprint density at radius 1 is 1.40 bits per heavy atom. The normalized spacial score (nSPS) is 12.5. The van der Waals surface area contributed by atoms with Gasteiger partial charge in [0.25, 0.3) is 0 Å². The molecule has 1 atom stereocenters. The highest BCUT2D eigenvalue weighted by Gasteiger charge is 2.02. The third kappa shape index (κ3) is 5.02. The van der Waals surface area contributed by atoms with Crippen LogP contribution >= 0.6 is 11.8 Å². The first-order valence-electron chi connectivity index (χ1n) is 5.35. The molecule has 0 saturated carbocycles. The minimum atomic E-state index is 0.437. The van der Waals surface area contributed by atoms with Gasteiger partial charge < -0.3 is 5.32 Å². The van der Waals surface area contributed by atoms with Crippen molar-refractivity contribution in [3.8, 4) is 0 Å². The zero-order valence-electron chi connectivity index (χ0n) is 9.66. The van der Waals surface area contributed by atoms with Crippen molar-refractivity contribution >= 4 is 17.7 Å². The quantitative estimate of drug-likeness (QED) is 0.755. The maximum Gasteiger partial charge on any atom is 0.222 e. The molecule has 0 aliphatic carbocycles. The van der Waals surface area contributed by atoms with Crippen LogP contribution in [0.5, 0.6) is 0 Å². The summed E-state index contributed by atoms with van der Waals surface area (Å²) in [7, 11) is 0. The smallest absolute Gasteiger partial charge is 0.222 e. The van der Waals surface area contributed by atoms with Crippen molar-refractivity contribution in [3.05, 3.63) is 18.0 Å². The molecule has 0 radical (unpaired) electrons. The van der Waals surface area contributed by atoms with Gasteiger partial charge >= 0.3 is 0 Å². The fourth-order valence-corrected chi connectivity index (χ4v) is 1.97. The summed E-state index contributed by atoms with van der Waals surface area (Å²) >= 11 is 1.97. The van der Waals surface area contributed by atoms with Crippen molar-refractivity contribution in [2.45, 2.75) is 33.2 Å². The zero-order chi connectivity index (χ0) is 11.1. The van der Waals surface area contributed by atoms with Gasteiger partial charge in [0, 0.05) is 18.4 Å². The molecule has 3 nitrogen and oxygen atoms in total. The minimum absolute atomic E-state index is 0.437. The molecule has 1 unspecified atom stereocenters. The van der Waals surface area contributed by atoms with Crippen LogP contribution in [-0.4, -0.2) is 27.5 Å². The van der Waals surface area contributed by atoms with Crippen molar-refractivity contribution in [2.24, 2.45) is 0 Å². The monoisotopic (exact) mass is 225 g/mol. The number of rotatable bonds is 6. The molecule has 0 amide bonds. The minimum Gasteiger partial charge on any atom is -0.352 e. The largest absolute Gasteiger partial charge is 0.352 e. The lowest BCUT2D eigenvalue weighted by molar-refractivity contribution is 0.759. The first kappa shape index (κ1) is 12.3. The van der Waals surface area contributed by atoms with Gasteiger partial charge in [0.1, 0.15) is 0 Å². The molecule has 15 heavy (non-hydrogen) atoms. The van der Waals surface area contributed by atoms with Crippen molar-refractivity contribution in [3.63, 3.8) is 0 Å². The Kier molecular flexibility index (Phi) is 5.47. The molecule has 0 bridgehead atoms. The van der Waals surface area contributed by atoms with E-state index in [4.69, 9.17) is 0 Å². The summed E-state index contributed by atoms with van der Waals surface area (Å²) in [5.41, 5.74) is 1.09. The molecule has 0 aromatic carbocycles. The maximum absolute atomic E-state index is 4.22. The van der Waals surface area contributed by atoms with E-state index in [0.717, 1.165) is 17.9 Å². The molecule has 1 heterocycles. The van der Waals surface area contributed by atoms with Crippen molar-refractivity contribution in [1.29, 1.82) is 0 Å². The van der Waals surface area contributed by atoms with E-state index < -0.39 is 0 Å². The number of anilines is 1. The highest BCUT2D eigenvalue weighted by atomic mass is 32.2. The van der Waals surface area contributed by atoms with Crippen LogP contribution < -0.4 is 5.32 Å². The molecule has 4 heteroatoms. The summed E-state index contributed by atoms with van der Waals surface area (Å²) in [6.07, 6.45) is 4.82. The van der Waals surface area contributed by atoms with Gasteiger partial charge in [-0.15, -0.1) is 0 Å². The fraction of sp³-hybridized carbons (Fsp3) is 0.636. The molecular formula is C11H19N3S. The first-order chi connectivity index (χ1) is 7.22. The lowest BCUT2D eigenvalue weighted by atomic mass is 10.3.